The third kappa shape index (κ3) is 3.16. The Morgan fingerprint density at radius 3 is 2.67 bits per heavy atom. The van der Waals surface area contributed by atoms with Crippen molar-refractivity contribution in [2.45, 2.75) is 38.4 Å². The lowest BCUT2D eigenvalue weighted by molar-refractivity contribution is -0.138. The van der Waals surface area contributed by atoms with Gasteiger partial charge in [0.25, 0.3) is 0 Å². The first kappa shape index (κ1) is 13.6. The molecule has 2 rings (SSSR count). The van der Waals surface area contributed by atoms with Crippen LogP contribution in [0.3, 0.4) is 0 Å². The Morgan fingerprint density at radius 1 is 1.50 bits per heavy atom. The van der Waals surface area contributed by atoms with E-state index in [1.54, 1.807) is 0 Å². The Bertz CT molecular complexity index is 430. The van der Waals surface area contributed by atoms with Crippen LogP contribution in [-0.2, 0) is 6.18 Å². The Hall–Kier alpha value is -0.780. The van der Waals surface area contributed by atoms with Gasteiger partial charge in [0.05, 0.1) is 5.56 Å². The molecule has 1 atom stereocenters. The van der Waals surface area contributed by atoms with Gasteiger partial charge in [0.15, 0.2) is 0 Å². The first-order chi connectivity index (χ1) is 8.41. The highest BCUT2D eigenvalue weighted by atomic mass is 79.9. The van der Waals surface area contributed by atoms with E-state index in [1.165, 1.54) is 6.20 Å². The second kappa shape index (κ2) is 5.07. The van der Waals surface area contributed by atoms with Gasteiger partial charge in [-0.2, -0.15) is 13.2 Å². The molecule has 0 spiro atoms. The smallest absolute Gasteiger partial charge is 0.367 e. The lowest BCUT2D eigenvalue weighted by atomic mass is 10.1. The van der Waals surface area contributed by atoms with Crippen molar-refractivity contribution in [1.29, 1.82) is 0 Å². The monoisotopic (exact) mass is 322 g/mol. The lowest BCUT2D eigenvalue weighted by Crippen LogP contribution is -2.21. The molecule has 1 aliphatic rings. The minimum absolute atomic E-state index is 0.0278. The molecule has 0 radical (unpaired) electrons. The molecule has 0 saturated heterocycles. The van der Waals surface area contributed by atoms with E-state index in [1.807, 2.05) is 6.92 Å². The van der Waals surface area contributed by atoms with Gasteiger partial charge in [-0.15, -0.1) is 0 Å². The lowest BCUT2D eigenvalue weighted by Gasteiger charge is -2.18. The average molecular weight is 323 g/mol. The van der Waals surface area contributed by atoms with Crippen molar-refractivity contribution in [3.8, 4) is 0 Å². The average Bonchev–Trinajstić information content (AvgIpc) is 3.10. The number of alkyl halides is 3. The van der Waals surface area contributed by atoms with Gasteiger partial charge in [0.2, 0.25) is 0 Å². The number of aromatic nitrogens is 1. The molecule has 0 amide bonds. The molecule has 0 aliphatic heterocycles. The molecular weight excluding hydrogens is 309 g/mol. The fraction of sp³-hybridized carbons (Fsp3) is 0.583. The summed E-state index contributed by atoms with van der Waals surface area (Å²) < 4.78 is 38.2. The van der Waals surface area contributed by atoms with Crippen LogP contribution in [0.2, 0.25) is 0 Å². The number of rotatable bonds is 4. The van der Waals surface area contributed by atoms with Crippen LogP contribution in [0, 0.1) is 5.92 Å². The van der Waals surface area contributed by atoms with Crippen molar-refractivity contribution in [1.82, 2.24) is 4.98 Å². The second-order valence-corrected chi connectivity index (χ2v) is 5.40. The summed E-state index contributed by atoms with van der Waals surface area (Å²) >= 11 is 2.88. The van der Waals surface area contributed by atoms with Crippen LogP contribution in [0.25, 0.3) is 0 Å². The summed E-state index contributed by atoms with van der Waals surface area (Å²) in [6.45, 7) is 2.03. The molecule has 1 fully saturated rings. The maximum Gasteiger partial charge on any atom is 0.417 e. The third-order valence-corrected chi connectivity index (χ3v) is 3.76. The molecule has 0 bridgehead atoms. The highest BCUT2D eigenvalue weighted by molar-refractivity contribution is 9.10. The van der Waals surface area contributed by atoms with Crippen molar-refractivity contribution in [3.63, 3.8) is 0 Å². The van der Waals surface area contributed by atoms with Crippen molar-refractivity contribution >= 4 is 21.7 Å². The number of halogens is 4. The fourth-order valence-corrected chi connectivity index (χ4v) is 2.42. The van der Waals surface area contributed by atoms with Crippen LogP contribution in [-0.4, -0.2) is 11.0 Å². The number of nitrogens with one attached hydrogen (secondary N) is 1. The van der Waals surface area contributed by atoms with Crippen LogP contribution < -0.4 is 5.32 Å². The van der Waals surface area contributed by atoms with Crippen LogP contribution in [0.15, 0.2) is 16.7 Å². The number of nitrogens with zero attached hydrogens (tertiary/aromatic N) is 1. The molecule has 1 aliphatic carbocycles. The van der Waals surface area contributed by atoms with Gasteiger partial charge in [0.1, 0.15) is 5.82 Å². The molecular formula is C12H14BrF3N2. The van der Waals surface area contributed by atoms with Crippen molar-refractivity contribution in [3.05, 3.63) is 22.3 Å². The Labute approximate surface area is 112 Å². The fourth-order valence-electron chi connectivity index (χ4n) is 1.98. The molecule has 1 aromatic rings. The first-order valence-electron chi connectivity index (χ1n) is 5.91. The molecule has 1 unspecified atom stereocenters. The molecule has 1 aromatic heterocycles. The van der Waals surface area contributed by atoms with Gasteiger partial charge in [-0.3, -0.25) is 0 Å². The molecule has 100 valence electrons. The molecule has 1 N–H and O–H groups in total. The van der Waals surface area contributed by atoms with E-state index in [0.29, 0.717) is 11.7 Å². The zero-order valence-corrected chi connectivity index (χ0v) is 11.5. The highest BCUT2D eigenvalue weighted by Crippen LogP contribution is 2.38. The Kier molecular flexibility index (Phi) is 3.84. The standard InChI is InChI=1S/C12H14BrF3N2/c1-2-10(7-3-4-7)18-11-5-8(12(14,15)16)9(13)6-17-11/h5-7,10H,2-4H2,1H3,(H,17,18). The summed E-state index contributed by atoms with van der Waals surface area (Å²) in [5.41, 5.74) is -0.689. The zero-order valence-electron chi connectivity index (χ0n) is 9.89. The topological polar surface area (TPSA) is 24.9 Å². The number of pyridine rings is 1. The Balaban J connectivity index is 2.18. The molecule has 1 saturated carbocycles. The number of anilines is 1. The van der Waals surface area contributed by atoms with Gasteiger partial charge >= 0.3 is 6.18 Å². The predicted octanol–water partition coefficient (Wildman–Crippen LogP) is 4.46. The van der Waals surface area contributed by atoms with E-state index in [0.717, 1.165) is 25.3 Å². The normalized spacial score (nSPS) is 17.6. The summed E-state index contributed by atoms with van der Waals surface area (Å²) in [6.07, 6.45) is 0.0242. The maximum atomic E-state index is 12.7. The van der Waals surface area contributed by atoms with E-state index < -0.39 is 11.7 Å². The largest absolute Gasteiger partial charge is 0.417 e. The van der Waals surface area contributed by atoms with Gasteiger partial charge in [0, 0.05) is 16.7 Å². The predicted molar refractivity (Wildman–Crippen MR) is 67.4 cm³/mol. The Morgan fingerprint density at radius 2 is 2.17 bits per heavy atom. The summed E-state index contributed by atoms with van der Waals surface area (Å²) in [7, 11) is 0. The van der Waals surface area contributed by atoms with E-state index in [4.69, 9.17) is 0 Å². The van der Waals surface area contributed by atoms with Gasteiger partial charge in [-0.25, -0.2) is 4.98 Å². The number of hydrogen-bond donors (Lipinski definition) is 1. The maximum absolute atomic E-state index is 12.7. The molecule has 1 heterocycles. The van der Waals surface area contributed by atoms with Crippen molar-refractivity contribution in [2.24, 2.45) is 5.92 Å². The molecule has 2 nitrogen and oxygen atoms in total. The van der Waals surface area contributed by atoms with Gasteiger partial charge < -0.3 is 5.32 Å². The van der Waals surface area contributed by atoms with Crippen molar-refractivity contribution in [2.75, 3.05) is 5.32 Å². The molecule has 0 aromatic carbocycles. The zero-order chi connectivity index (χ0) is 13.3. The summed E-state index contributed by atoms with van der Waals surface area (Å²) in [5, 5.41) is 3.10. The van der Waals surface area contributed by atoms with Crippen LogP contribution >= 0.6 is 15.9 Å². The highest BCUT2D eigenvalue weighted by Gasteiger charge is 2.34. The number of hydrogen-bond acceptors (Lipinski definition) is 2. The summed E-state index contributed by atoms with van der Waals surface area (Å²) in [6, 6.07) is 1.29. The second-order valence-electron chi connectivity index (χ2n) is 4.54. The third-order valence-electron chi connectivity index (χ3n) is 3.12. The minimum atomic E-state index is -4.36. The SMILES string of the molecule is CCC(Nc1cc(C(F)(F)F)c(Br)cn1)C1CC1. The minimum Gasteiger partial charge on any atom is -0.367 e. The van der Waals surface area contributed by atoms with Crippen LogP contribution in [0.4, 0.5) is 19.0 Å². The van der Waals surface area contributed by atoms with Crippen LogP contribution in [0.1, 0.15) is 31.7 Å². The molecule has 6 heteroatoms. The van der Waals surface area contributed by atoms with E-state index in [9.17, 15) is 13.2 Å². The van der Waals surface area contributed by atoms with Crippen LogP contribution in [0.5, 0.6) is 0 Å². The van der Waals surface area contributed by atoms with E-state index in [-0.39, 0.29) is 10.5 Å². The quantitative estimate of drug-likeness (QED) is 0.885. The summed E-state index contributed by atoms with van der Waals surface area (Å²) in [4.78, 5) is 3.99. The van der Waals surface area contributed by atoms with Gasteiger partial charge in [-0.1, -0.05) is 6.92 Å². The molecule has 18 heavy (non-hydrogen) atoms. The van der Waals surface area contributed by atoms with Gasteiger partial charge in [-0.05, 0) is 47.2 Å². The first-order valence-corrected chi connectivity index (χ1v) is 6.70. The van der Waals surface area contributed by atoms with E-state index in [2.05, 4.69) is 26.2 Å². The summed E-state index contributed by atoms with van der Waals surface area (Å²) in [5.74, 6) is 0.874. The van der Waals surface area contributed by atoms with Crippen molar-refractivity contribution < 1.29 is 13.2 Å². The van der Waals surface area contributed by atoms with E-state index >= 15 is 0 Å².